The van der Waals surface area contributed by atoms with Crippen molar-refractivity contribution in [2.24, 2.45) is 5.92 Å². The van der Waals surface area contributed by atoms with Crippen molar-refractivity contribution in [1.82, 2.24) is 0 Å². The number of Topliss-reactive ketones (excluding diaryl/α,β-unsaturated/α-hetero) is 1. The Kier molecular flexibility index (Phi) is 3.21. The molecule has 76 valence electrons. The third-order valence-corrected chi connectivity index (χ3v) is 2.11. The molecule has 0 aliphatic heterocycles. The van der Waals surface area contributed by atoms with Gasteiger partial charge in [-0.2, -0.15) is 0 Å². The maximum Gasteiger partial charge on any atom is 0.166 e. The van der Waals surface area contributed by atoms with Crippen molar-refractivity contribution in [3.05, 3.63) is 34.4 Å². The maximum absolute atomic E-state index is 12.8. The van der Waals surface area contributed by atoms with Crippen molar-refractivity contribution in [2.45, 2.75) is 13.8 Å². The molecule has 0 amide bonds. The van der Waals surface area contributed by atoms with Gasteiger partial charge in [-0.25, -0.2) is 8.78 Å². The summed E-state index contributed by atoms with van der Waals surface area (Å²) < 4.78 is 25.5. The van der Waals surface area contributed by atoms with Gasteiger partial charge in [-0.1, -0.05) is 25.4 Å². The summed E-state index contributed by atoms with van der Waals surface area (Å²) in [6.07, 6.45) is 0. The van der Waals surface area contributed by atoms with Crippen LogP contribution in [-0.2, 0) is 0 Å². The van der Waals surface area contributed by atoms with Gasteiger partial charge in [0.15, 0.2) is 17.4 Å². The lowest BCUT2D eigenvalue weighted by Gasteiger charge is -2.06. The van der Waals surface area contributed by atoms with Crippen molar-refractivity contribution in [3.63, 3.8) is 0 Å². The monoisotopic (exact) mass is 218 g/mol. The number of benzene rings is 1. The second-order valence-electron chi connectivity index (χ2n) is 3.27. The Morgan fingerprint density at radius 3 is 2.29 bits per heavy atom. The van der Waals surface area contributed by atoms with Crippen LogP contribution in [0.25, 0.3) is 0 Å². The van der Waals surface area contributed by atoms with Crippen LogP contribution in [0.3, 0.4) is 0 Å². The van der Waals surface area contributed by atoms with Gasteiger partial charge in [0.25, 0.3) is 0 Å². The molecule has 0 bridgehead atoms. The van der Waals surface area contributed by atoms with E-state index in [-0.39, 0.29) is 22.3 Å². The lowest BCUT2D eigenvalue weighted by atomic mass is 10.0. The summed E-state index contributed by atoms with van der Waals surface area (Å²) >= 11 is 5.61. The number of ketones is 1. The molecule has 4 heteroatoms. The SMILES string of the molecule is CC(C)C(=O)c1cc(F)c(F)cc1Cl. The van der Waals surface area contributed by atoms with Crippen LogP contribution in [0, 0.1) is 17.6 Å². The predicted molar refractivity (Wildman–Crippen MR) is 50.5 cm³/mol. The molecule has 0 aromatic heterocycles. The molecule has 0 aliphatic carbocycles. The first-order valence-electron chi connectivity index (χ1n) is 4.12. The Hall–Kier alpha value is -0.960. The van der Waals surface area contributed by atoms with Crippen molar-refractivity contribution in [2.75, 3.05) is 0 Å². The van der Waals surface area contributed by atoms with Gasteiger partial charge in [0.05, 0.1) is 5.02 Å². The highest BCUT2D eigenvalue weighted by atomic mass is 35.5. The second kappa shape index (κ2) is 4.05. The topological polar surface area (TPSA) is 17.1 Å². The van der Waals surface area contributed by atoms with Crippen LogP contribution in [0.1, 0.15) is 24.2 Å². The van der Waals surface area contributed by atoms with Gasteiger partial charge >= 0.3 is 0 Å². The minimum absolute atomic E-state index is 0.0283. The molecule has 0 saturated carbocycles. The normalized spacial score (nSPS) is 10.7. The van der Waals surface area contributed by atoms with E-state index in [0.717, 1.165) is 12.1 Å². The summed E-state index contributed by atoms with van der Waals surface area (Å²) in [6, 6.07) is 1.65. The molecule has 0 spiro atoms. The van der Waals surface area contributed by atoms with E-state index in [4.69, 9.17) is 11.6 Å². The Morgan fingerprint density at radius 2 is 1.79 bits per heavy atom. The summed E-state index contributed by atoms with van der Waals surface area (Å²) in [5.74, 6) is -2.69. The van der Waals surface area contributed by atoms with E-state index < -0.39 is 11.6 Å². The number of rotatable bonds is 2. The first-order valence-corrected chi connectivity index (χ1v) is 4.50. The van der Waals surface area contributed by atoms with Crippen LogP contribution in [-0.4, -0.2) is 5.78 Å². The average Bonchev–Trinajstić information content (AvgIpc) is 2.10. The van der Waals surface area contributed by atoms with Crippen LogP contribution in [0.2, 0.25) is 5.02 Å². The highest BCUT2D eigenvalue weighted by Gasteiger charge is 2.17. The molecule has 1 rings (SSSR count). The average molecular weight is 219 g/mol. The molecule has 0 unspecified atom stereocenters. The van der Waals surface area contributed by atoms with E-state index in [0.29, 0.717) is 0 Å². The van der Waals surface area contributed by atoms with Crippen molar-refractivity contribution in [3.8, 4) is 0 Å². The number of hydrogen-bond donors (Lipinski definition) is 0. The molecule has 0 saturated heterocycles. The largest absolute Gasteiger partial charge is 0.294 e. The van der Waals surface area contributed by atoms with Gasteiger partial charge in [0.2, 0.25) is 0 Å². The predicted octanol–water partition coefficient (Wildman–Crippen LogP) is 3.46. The quantitative estimate of drug-likeness (QED) is 0.549. The number of carbonyl (C=O) groups excluding carboxylic acids is 1. The molecule has 14 heavy (non-hydrogen) atoms. The number of hydrogen-bond acceptors (Lipinski definition) is 1. The first kappa shape index (κ1) is 11.1. The summed E-state index contributed by atoms with van der Waals surface area (Å²) in [7, 11) is 0. The van der Waals surface area contributed by atoms with Gasteiger partial charge in [0.1, 0.15) is 0 Å². The molecule has 1 aromatic rings. The third kappa shape index (κ3) is 2.10. The van der Waals surface area contributed by atoms with Gasteiger partial charge in [-0.05, 0) is 12.1 Å². The van der Waals surface area contributed by atoms with Crippen LogP contribution in [0.5, 0.6) is 0 Å². The smallest absolute Gasteiger partial charge is 0.166 e. The lowest BCUT2D eigenvalue weighted by molar-refractivity contribution is 0.0939. The van der Waals surface area contributed by atoms with Gasteiger partial charge in [-0.3, -0.25) is 4.79 Å². The Labute approximate surface area is 85.7 Å². The standard InChI is InChI=1S/C10H9ClF2O/c1-5(2)10(14)6-3-8(12)9(13)4-7(6)11/h3-5H,1-2H3. The zero-order chi connectivity index (χ0) is 10.9. The summed E-state index contributed by atoms with van der Waals surface area (Å²) in [6.45, 7) is 3.33. The molecule has 0 radical (unpaired) electrons. The van der Waals surface area contributed by atoms with Crippen LogP contribution in [0.4, 0.5) is 8.78 Å². The fourth-order valence-electron chi connectivity index (χ4n) is 1.02. The van der Waals surface area contributed by atoms with Gasteiger partial charge < -0.3 is 0 Å². The van der Waals surface area contributed by atoms with Gasteiger partial charge in [0, 0.05) is 11.5 Å². The summed E-state index contributed by atoms with van der Waals surface area (Å²) in [4.78, 5) is 11.5. The number of halogens is 3. The van der Waals surface area contributed by atoms with Crippen molar-refractivity contribution in [1.29, 1.82) is 0 Å². The zero-order valence-corrected chi connectivity index (χ0v) is 8.53. The zero-order valence-electron chi connectivity index (χ0n) is 7.77. The Morgan fingerprint density at radius 1 is 1.29 bits per heavy atom. The van der Waals surface area contributed by atoms with E-state index in [9.17, 15) is 13.6 Å². The van der Waals surface area contributed by atoms with E-state index in [1.165, 1.54) is 0 Å². The van der Waals surface area contributed by atoms with Crippen LogP contribution in [0.15, 0.2) is 12.1 Å². The minimum Gasteiger partial charge on any atom is -0.294 e. The first-order chi connectivity index (χ1) is 6.43. The summed E-state index contributed by atoms with van der Waals surface area (Å²) in [5.41, 5.74) is 0.0283. The lowest BCUT2D eigenvalue weighted by Crippen LogP contribution is -2.09. The maximum atomic E-state index is 12.8. The van der Waals surface area contributed by atoms with Crippen LogP contribution >= 0.6 is 11.6 Å². The molecule has 1 aromatic carbocycles. The fraction of sp³-hybridized carbons (Fsp3) is 0.300. The van der Waals surface area contributed by atoms with Crippen LogP contribution < -0.4 is 0 Å². The summed E-state index contributed by atoms with van der Waals surface area (Å²) in [5, 5.41) is -0.0531. The highest BCUT2D eigenvalue weighted by Crippen LogP contribution is 2.22. The highest BCUT2D eigenvalue weighted by molar-refractivity contribution is 6.34. The molecule has 0 N–H and O–H groups in total. The Bertz CT molecular complexity index is 375. The molecule has 0 aliphatic rings. The van der Waals surface area contributed by atoms with Crippen molar-refractivity contribution >= 4 is 17.4 Å². The van der Waals surface area contributed by atoms with E-state index in [1.54, 1.807) is 13.8 Å². The minimum atomic E-state index is -1.06. The Balaban J connectivity index is 3.22. The second-order valence-corrected chi connectivity index (χ2v) is 3.67. The molecule has 0 atom stereocenters. The fourth-order valence-corrected chi connectivity index (χ4v) is 1.27. The van der Waals surface area contributed by atoms with E-state index in [2.05, 4.69) is 0 Å². The van der Waals surface area contributed by atoms with Crippen molar-refractivity contribution < 1.29 is 13.6 Å². The molecular formula is C10H9ClF2O. The molecule has 1 nitrogen and oxygen atoms in total. The van der Waals surface area contributed by atoms with E-state index >= 15 is 0 Å². The molecule has 0 fully saturated rings. The molecular weight excluding hydrogens is 210 g/mol. The third-order valence-electron chi connectivity index (χ3n) is 1.80. The number of carbonyl (C=O) groups is 1. The molecule has 0 heterocycles. The van der Waals surface area contributed by atoms with Gasteiger partial charge in [-0.15, -0.1) is 0 Å². The van der Waals surface area contributed by atoms with E-state index in [1.807, 2.05) is 0 Å².